The Bertz CT molecular complexity index is 440. The molecule has 0 saturated heterocycles. The molecule has 0 aliphatic heterocycles. The van der Waals surface area contributed by atoms with Crippen LogP contribution in [0.25, 0.3) is 0 Å². The first-order valence-electron chi connectivity index (χ1n) is 6.49. The predicted molar refractivity (Wildman–Crippen MR) is 84.1 cm³/mol. The van der Waals surface area contributed by atoms with E-state index in [1.807, 2.05) is 0 Å². The van der Waals surface area contributed by atoms with Crippen molar-refractivity contribution >= 4 is 33.6 Å². The van der Waals surface area contributed by atoms with Gasteiger partial charge >= 0.3 is 6.03 Å². The third-order valence-electron chi connectivity index (χ3n) is 2.43. The van der Waals surface area contributed by atoms with Crippen molar-refractivity contribution in [3.8, 4) is 0 Å². The fraction of sp³-hybridized carbons (Fsp3) is 0.583. The molecule has 0 fully saturated rings. The number of carbonyl (C=O) groups excluding carboxylic acids is 1. The van der Waals surface area contributed by atoms with Gasteiger partial charge in [0.15, 0.2) is 0 Å². The summed E-state index contributed by atoms with van der Waals surface area (Å²) in [6.07, 6.45) is 2.53. The second kappa shape index (κ2) is 8.57. The molecule has 0 aliphatic carbocycles. The van der Waals surface area contributed by atoms with Gasteiger partial charge in [0, 0.05) is 33.7 Å². The Morgan fingerprint density at radius 3 is 2.35 bits per heavy atom. The van der Waals surface area contributed by atoms with Gasteiger partial charge < -0.3 is 20.9 Å². The van der Waals surface area contributed by atoms with Gasteiger partial charge in [-0.2, -0.15) is 0 Å². The second-order valence-corrected chi connectivity index (χ2v) is 5.16. The SMILES string of the molecule is CCCNc1ncnc(NCCNC(=O)N(C)C)c1Br. The molecule has 0 radical (unpaired) electrons. The van der Waals surface area contributed by atoms with Gasteiger partial charge in [-0.05, 0) is 22.4 Å². The van der Waals surface area contributed by atoms with Crippen LogP contribution in [-0.4, -0.2) is 54.6 Å². The van der Waals surface area contributed by atoms with Gasteiger partial charge in [-0.3, -0.25) is 0 Å². The predicted octanol–water partition coefficient (Wildman–Crippen LogP) is 1.74. The minimum absolute atomic E-state index is 0.112. The highest BCUT2D eigenvalue weighted by Gasteiger charge is 2.08. The van der Waals surface area contributed by atoms with Crippen molar-refractivity contribution in [2.24, 2.45) is 0 Å². The maximum Gasteiger partial charge on any atom is 0.316 e. The molecule has 112 valence electrons. The summed E-state index contributed by atoms with van der Waals surface area (Å²) in [5.74, 6) is 1.47. The number of rotatable bonds is 7. The van der Waals surface area contributed by atoms with Crippen LogP contribution in [0.1, 0.15) is 13.3 Å². The van der Waals surface area contributed by atoms with Crippen LogP contribution < -0.4 is 16.0 Å². The quantitative estimate of drug-likeness (QED) is 0.656. The molecule has 1 aromatic heterocycles. The molecule has 2 amide bonds. The van der Waals surface area contributed by atoms with E-state index in [2.05, 4.69) is 48.8 Å². The number of halogens is 1. The number of hydrogen-bond acceptors (Lipinski definition) is 5. The van der Waals surface area contributed by atoms with Crippen molar-refractivity contribution in [2.75, 3.05) is 44.4 Å². The number of nitrogens with one attached hydrogen (secondary N) is 3. The summed E-state index contributed by atoms with van der Waals surface area (Å²) >= 11 is 3.47. The second-order valence-electron chi connectivity index (χ2n) is 4.36. The Morgan fingerprint density at radius 1 is 1.20 bits per heavy atom. The summed E-state index contributed by atoms with van der Waals surface area (Å²) in [6.45, 7) is 4.05. The normalized spacial score (nSPS) is 10.0. The van der Waals surface area contributed by atoms with Gasteiger partial charge in [-0.25, -0.2) is 14.8 Å². The molecule has 3 N–H and O–H groups in total. The molecule has 0 aromatic carbocycles. The maximum absolute atomic E-state index is 11.3. The number of anilines is 2. The molecule has 0 spiro atoms. The number of hydrogen-bond donors (Lipinski definition) is 3. The minimum atomic E-state index is -0.112. The van der Waals surface area contributed by atoms with Gasteiger partial charge in [0.2, 0.25) is 0 Å². The van der Waals surface area contributed by atoms with Gasteiger partial charge in [-0.1, -0.05) is 6.92 Å². The number of carbonyl (C=O) groups is 1. The molecule has 7 nitrogen and oxygen atoms in total. The average molecular weight is 345 g/mol. The Labute approximate surface area is 127 Å². The first-order valence-corrected chi connectivity index (χ1v) is 7.29. The van der Waals surface area contributed by atoms with Crippen LogP contribution in [0.3, 0.4) is 0 Å². The van der Waals surface area contributed by atoms with Crippen LogP contribution in [0.4, 0.5) is 16.4 Å². The van der Waals surface area contributed by atoms with Crippen molar-refractivity contribution in [2.45, 2.75) is 13.3 Å². The van der Waals surface area contributed by atoms with Crippen LogP contribution >= 0.6 is 15.9 Å². The molecule has 1 heterocycles. The third-order valence-corrected chi connectivity index (χ3v) is 3.18. The van der Waals surface area contributed by atoms with E-state index in [4.69, 9.17) is 0 Å². The van der Waals surface area contributed by atoms with Crippen LogP contribution in [0.2, 0.25) is 0 Å². The number of amides is 2. The van der Waals surface area contributed by atoms with Crippen molar-refractivity contribution in [1.82, 2.24) is 20.2 Å². The number of nitrogens with zero attached hydrogens (tertiary/aromatic N) is 3. The fourth-order valence-electron chi connectivity index (χ4n) is 1.37. The summed E-state index contributed by atoms with van der Waals surface area (Å²) < 4.78 is 0.799. The van der Waals surface area contributed by atoms with E-state index in [1.165, 1.54) is 11.2 Å². The van der Waals surface area contributed by atoms with Gasteiger partial charge in [-0.15, -0.1) is 0 Å². The zero-order valence-corrected chi connectivity index (χ0v) is 13.6. The van der Waals surface area contributed by atoms with Crippen LogP contribution in [0.15, 0.2) is 10.8 Å². The zero-order chi connectivity index (χ0) is 15.0. The minimum Gasteiger partial charge on any atom is -0.369 e. The van der Waals surface area contributed by atoms with Gasteiger partial charge in [0.1, 0.15) is 22.4 Å². The largest absolute Gasteiger partial charge is 0.369 e. The van der Waals surface area contributed by atoms with Crippen molar-refractivity contribution in [3.63, 3.8) is 0 Å². The molecular weight excluding hydrogens is 324 g/mol. The number of aromatic nitrogens is 2. The Morgan fingerprint density at radius 2 is 1.80 bits per heavy atom. The lowest BCUT2D eigenvalue weighted by molar-refractivity contribution is 0.218. The highest BCUT2D eigenvalue weighted by molar-refractivity contribution is 9.10. The average Bonchev–Trinajstić information content (AvgIpc) is 2.43. The van der Waals surface area contributed by atoms with E-state index in [-0.39, 0.29) is 6.03 Å². The Balaban J connectivity index is 2.46. The highest BCUT2D eigenvalue weighted by Crippen LogP contribution is 2.26. The van der Waals surface area contributed by atoms with Gasteiger partial charge in [0.05, 0.1) is 0 Å². The Kier molecular flexibility index (Phi) is 7.06. The van der Waals surface area contributed by atoms with Gasteiger partial charge in [0.25, 0.3) is 0 Å². The summed E-state index contributed by atoms with van der Waals surface area (Å²) in [4.78, 5) is 21.2. The van der Waals surface area contributed by atoms with Crippen LogP contribution in [-0.2, 0) is 0 Å². The van der Waals surface area contributed by atoms with Crippen molar-refractivity contribution < 1.29 is 4.79 Å². The smallest absolute Gasteiger partial charge is 0.316 e. The lowest BCUT2D eigenvalue weighted by Gasteiger charge is -2.13. The maximum atomic E-state index is 11.3. The summed E-state index contributed by atoms with van der Waals surface area (Å²) in [7, 11) is 3.41. The molecule has 0 atom stereocenters. The molecule has 8 heteroatoms. The van der Waals surface area contributed by atoms with E-state index in [1.54, 1.807) is 14.1 Å². The molecule has 1 rings (SSSR count). The Hall–Kier alpha value is -1.57. The molecule has 0 aliphatic rings. The highest BCUT2D eigenvalue weighted by atomic mass is 79.9. The van der Waals surface area contributed by atoms with Crippen molar-refractivity contribution in [1.29, 1.82) is 0 Å². The van der Waals surface area contributed by atoms with E-state index < -0.39 is 0 Å². The van der Waals surface area contributed by atoms with E-state index >= 15 is 0 Å². The molecule has 0 saturated carbocycles. The van der Waals surface area contributed by atoms with E-state index in [0.717, 1.165) is 23.3 Å². The fourth-order valence-corrected chi connectivity index (χ4v) is 1.85. The van der Waals surface area contributed by atoms with Crippen LogP contribution in [0.5, 0.6) is 0 Å². The summed E-state index contributed by atoms with van der Waals surface area (Å²) in [5, 5.41) is 9.14. The van der Waals surface area contributed by atoms with Crippen LogP contribution in [0, 0.1) is 0 Å². The molecule has 20 heavy (non-hydrogen) atoms. The van der Waals surface area contributed by atoms with Crippen molar-refractivity contribution in [3.05, 3.63) is 10.8 Å². The molecule has 1 aromatic rings. The monoisotopic (exact) mass is 344 g/mol. The first kappa shape index (κ1) is 16.5. The standard InChI is InChI=1S/C12H21BrN6O/c1-4-5-14-10-9(13)11(18-8-17-10)15-6-7-16-12(20)19(2)3/h8H,4-7H2,1-3H3,(H,16,20)(H2,14,15,17,18). The summed E-state index contributed by atoms with van der Waals surface area (Å²) in [5.41, 5.74) is 0. The summed E-state index contributed by atoms with van der Waals surface area (Å²) in [6, 6.07) is -0.112. The third kappa shape index (κ3) is 5.20. The zero-order valence-electron chi connectivity index (χ0n) is 12.0. The lowest BCUT2D eigenvalue weighted by Crippen LogP contribution is -2.37. The molecule has 0 unspecified atom stereocenters. The first-order chi connectivity index (χ1) is 9.56. The molecular formula is C12H21BrN6O. The van der Waals surface area contributed by atoms with E-state index in [0.29, 0.717) is 18.9 Å². The lowest BCUT2D eigenvalue weighted by atomic mass is 10.4. The molecule has 0 bridgehead atoms. The number of urea groups is 1. The van der Waals surface area contributed by atoms with E-state index in [9.17, 15) is 4.79 Å². The topological polar surface area (TPSA) is 82.2 Å².